The molecule has 0 fully saturated rings. The second-order valence-electron chi connectivity index (χ2n) is 4.05. The van der Waals surface area contributed by atoms with Crippen LogP contribution in [0.5, 0.6) is 0 Å². The molecular weight excluding hydrogens is 240 g/mol. The van der Waals surface area contributed by atoms with Gasteiger partial charge in [-0.2, -0.15) is 0 Å². The number of rotatable bonds is 6. The van der Waals surface area contributed by atoms with E-state index >= 15 is 0 Å². The minimum absolute atomic E-state index is 0.0718. The average molecular weight is 264 g/mol. The lowest BCUT2D eigenvalue weighted by atomic mass is 10.0. The summed E-state index contributed by atoms with van der Waals surface area (Å²) < 4.78 is 4.67. The van der Waals surface area contributed by atoms with Gasteiger partial charge in [0, 0.05) is 7.11 Å². The smallest absolute Gasteiger partial charge is 0.323 e. The first-order valence-electron chi connectivity index (χ1n) is 5.68. The van der Waals surface area contributed by atoms with Gasteiger partial charge in [0.05, 0.1) is 6.10 Å². The topological polar surface area (TPSA) is 136 Å². The van der Waals surface area contributed by atoms with E-state index in [1.54, 1.807) is 6.92 Å². The van der Waals surface area contributed by atoms with Gasteiger partial charge in [-0.3, -0.25) is 9.59 Å². The van der Waals surface area contributed by atoms with Crippen LogP contribution in [0, 0.1) is 5.92 Å². The van der Waals surface area contributed by atoms with Crippen LogP contribution in [0.2, 0.25) is 0 Å². The number of carbonyl (C=O) groups is 2. The summed E-state index contributed by atoms with van der Waals surface area (Å²) >= 11 is 0. The molecule has 0 bridgehead atoms. The van der Waals surface area contributed by atoms with Crippen LogP contribution in [0.4, 0.5) is 0 Å². The minimum atomic E-state index is -1.04. The van der Waals surface area contributed by atoms with E-state index in [0.29, 0.717) is 0 Å². The van der Waals surface area contributed by atoms with Gasteiger partial charge in [0.25, 0.3) is 0 Å². The van der Waals surface area contributed by atoms with Crippen molar-refractivity contribution < 1.29 is 24.5 Å². The summed E-state index contributed by atoms with van der Waals surface area (Å²) in [5.74, 6) is -1.88. The zero-order valence-electron chi connectivity index (χ0n) is 11.3. The van der Waals surface area contributed by atoms with E-state index in [2.05, 4.69) is 4.74 Å². The largest absolute Gasteiger partial charge is 0.480 e. The molecule has 0 heterocycles. The Morgan fingerprint density at radius 3 is 1.61 bits per heavy atom. The van der Waals surface area contributed by atoms with Crippen molar-refractivity contribution in [3.63, 3.8) is 0 Å². The van der Waals surface area contributed by atoms with Crippen LogP contribution in [0.1, 0.15) is 27.2 Å². The third kappa shape index (κ3) is 7.99. The van der Waals surface area contributed by atoms with Crippen LogP contribution in [0.3, 0.4) is 0 Å². The summed E-state index contributed by atoms with van der Waals surface area (Å²) in [6.45, 7) is 5.37. The highest BCUT2D eigenvalue weighted by atomic mass is 16.5. The summed E-state index contributed by atoms with van der Waals surface area (Å²) in [6.07, 6.45) is 0.385. The van der Waals surface area contributed by atoms with Crippen LogP contribution in [0.25, 0.3) is 0 Å². The molecule has 7 heteroatoms. The van der Waals surface area contributed by atoms with Gasteiger partial charge in [0.1, 0.15) is 12.1 Å². The van der Waals surface area contributed by atoms with Crippen molar-refractivity contribution in [2.24, 2.45) is 17.4 Å². The van der Waals surface area contributed by atoms with Gasteiger partial charge in [-0.1, -0.05) is 20.3 Å². The first kappa shape index (κ1) is 19.2. The Labute approximate surface area is 107 Å². The molecule has 0 aliphatic heterocycles. The molecule has 4 unspecified atom stereocenters. The molecule has 0 aliphatic carbocycles. The van der Waals surface area contributed by atoms with Gasteiger partial charge in [-0.15, -0.1) is 0 Å². The summed E-state index contributed by atoms with van der Waals surface area (Å²) in [5, 5.41) is 16.6. The first-order chi connectivity index (χ1) is 8.18. The highest BCUT2D eigenvalue weighted by Gasteiger charge is 2.18. The Morgan fingerprint density at radius 1 is 1.11 bits per heavy atom. The second-order valence-corrected chi connectivity index (χ2v) is 4.05. The molecular formula is C11H24N2O5. The lowest BCUT2D eigenvalue weighted by Crippen LogP contribution is -2.40. The standard InChI is InChI=1S/C6H13NO2.C5H11NO3/c1-3-4(2)5(7)6(8)9;1-3(9-2)4(6)5(7)8/h4-5H,3,7H2,1-2H3,(H,8,9);3-4H,6H2,1-2H3,(H,7,8). The highest BCUT2D eigenvalue weighted by Crippen LogP contribution is 2.04. The molecule has 0 aromatic carbocycles. The molecule has 0 rings (SSSR count). The van der Waals surface area contributed by atoms with Crippen molar-refractivity contribution in [1.82, 2.24) is 0 Å². The van der Waals surface area contributed by atoms with Crippen molar-refractivity contribution in [2.75, 3.05) is 7.11 Å². The quantitative estimate of drug-likeness (QED) is 0.525. The van der Waals surface area contributed by atoms with Gasteiger partial charge in [-0.25, -0.2) is 0 Å². The molecule has 0 amide bonds. The fourth-order valence-corrected chi connectivity index (χ4v) is 0.845. The third-order valence-corrected chi connectivity index (χ3v) is 2.70. The number of methoxy groups -OCH3 is 1. The van der Waals surface area contributed by atoms with Crippen molar-refractivity contribution in [2.45, 2.75) is 45.4 Å². The second kappa shape index (κ2) is 9.81. The molecule has 0 saturated carbocycles. The van der Waals surface area contributed by atoms with Crippen LogP contribution in [-0.2, 0) is 14.3 Å². The molecule has 18 heavy (non-hydrogen) atoms. The summed E-state index contributed by atoms with van der Waals surface area (Å²) in [6, 6.07) is -1.62. The Kier molecular flexibility index (Phi) is 10.4. The van der Waals surface area contributed by atoms with Crippen molar-refractivity contribution in [3.8, 4) is 0 Å². The SMILES string of the molecule is CCC(C)C(N)C(=O)O.COC(C)C(N)C(=O)O. The fourth-order valence-electron chi connectivity index (χ4n) is 0.845. The Balaban J connectivity index is 0. The van der Waals surface area contributed by atoms with E-state index in [1.165, 1.54) is 7.11 Å². The maximum absolute atomic E-state index is 10.2. The number of aliphatic carboxylic acids is 2. The monoisotopic (exact) mass is 264 g/mol. The third-order valence-electron chi connectivity index (χ3n) is 2.70. The van der Waals surface area contributed by atoms with E-state index in [-0.39, 0.29) is 5.92 Å². The van der Waals surface area contributed by atoms with E-state index in [4.69, 9.17) is 21.7 Å². The number of hydrogen-bond acceptors (Lipinski definition) is 5. The average Bonchev–Trinajstić information content (AvgIpc) is 2.35. The molecule has 0 aromatic rings. The molecule has 0 spiro atoms. The summed E-state index contributed by atoms with van der Waals surface area (Å²) in [7, 11) is 1.42. The molecule has 4 atom stereocenters. The predicted octanol–water partition coefficient (Wildman–Crippen LogP) is -0.122. The van der Waals surface area contributed by atoms with Crippen molar-refractivity contribution >= 4 is 11.9 Å². The number of carboxylic acids is 2. The van der Waals surface area contributed by atoms with Gasteiger partial charge >= 0.3 is 11.9 Å². The minimum Gasteiger partial charge on any atom is -0.480 e. The lowest BCUT2D eigenvalue weighted by Gasteiger charge is -2.12. The Bertz CT molecular complexity index is 234. The van der Waals surface area contributed by atoms with Crippen molar-refractivity contribution in [3.05, 3.63) is 0 Å². The predicted molar refractivity (Wildman–Crippen MR) is 67.1 cm³/mol. The molecule has 7 nitrogen and oxygen atoms in total. The van der Waals surface area contributed by atoms with E-state index in [1.807, 2.05) is 13.8 Å². The molecule has 0 saturated heterocycles. The molecule has 0 radical (unpaired) electrons. The summed E-state index contributed by atoms with van der Waals surface area (Å²) in [5.41, 5.74) is 10.4. The number of carboxylic acid groups (broad SMARTS) is 2. The van der Waals surface area contributed by atoms with Crippen LogP contribution >= 0.6 is 0 Å². The van der Waals surface area contributed by atoms with Crippen LogP contribution in [0.15, 0.2) is 0 Å². The maximum atomic E-state index is 10.2. The summed E-state index contributed by atoms with van der Waals surface area (Å²) in [4.78, 5) is 20.3. The molecule has 0 aliphatic rings. The van der Waals surface area contributed by atoms with E-state index in [0.717, 1.165) is 6.42 Å². The normalized spacial score (nSPS) is 16.8. The Hall–Kier alpha value is -1.18. The van der Waals surface area contributed by atoms with Gasteiger partial charge in [0.15, 0.2) is 0 Å². The molecule has 0 aromatic heterocycles. The molecule has 6 N–H and O–H groups in total. The van der Waals surface area contributed by atoms with Crippen LogP contribution < -0.4 is 11.5 Å². The highest BCUT2D eigenvalue weighted by molar-refractivity contribution is 5.74. The first-order valence-corrected chi connectivity index (χ1v) is 5.68. The zero-order chi connectivity index (χ0) is 14.9. The lowest BCUT2D eigenvalue weighted by molar-refractivity contribution is -0.141. The van der Waals surface area contributed by atoms with Gasteiger partial charge in [0.2, 0.25) is 0 Å². The zero-order valence-corrected chi connectivity index (χ0v) is 11.3. The van der Waals surface area contributed by atoms with Gasteiger partial charge in [-0.05, 0) is 12.8 Å². The molecule has 108 valence electrons. The number of hydrogen-bond donors (Lipinski definition) is 4. The maximum Gasteiger partial charge on any atom is 0.323 e. The van der Waals surface area contributed by atoms with E-state index in [9.17, 15) is 9.59 Å². The number of ether oxygens (including phenoxy) is 1. The number of nitrogens with two attached hydrogens (primary N) is 2. The fraction of sp³-hybridized carbons (Fsp3) is 0.818. The van der Waals surface area contributed by atoms with E-state index < -0.39 is 30.1 Å². The van der Waals surface area contributed by atoms with Crippen molar-refractivity contribution in [1.29, 1.82) is 0 Å². The van der Waals surface area contributed by atoms with Gasteiger partial charge < -0.3 is 26.4 Å². The Morgan fingerprint density at radius 2 is 1.50 bits per heavy atom. The van der Waals surface area contributed by atoms with Crippen LogP contribution in [-0.4, -0.2) is 47.4 Å².